The molecule has 1 aliphatic heterocycles. The van der Waals surface area contributed by atoms with Crippen molar-refractivity contribution in [2.45, 2.75) is 13.0 Å². The number of rotatable bonds is 4. The van der Waals surface area contributed by atoms with Crippen molar-refractivity contribution in [3.8, 4) is 0 Å². The van der Waals surface area contributed by atoms with Crippen LogP contribution in [0.4, 0.5) is 10.5 Å². The molecule has 1 heterocycles. The molecule has 1 aliphatic rings. The molecule has 1 fully saturated rings. The molecule has 0 radical (unpaired) electrons. The second-order valence-electron chi connectivity index (χ2n) is 4.82. The molecule has 5 nitrogen and oxygen atoms in total. The molecule has 0 saturated carbocycles. The highest BCUT2D eigenvalue weighted by Gasteiger charge is 2.34. The molecule has 5 heteroatoms. The predicted octanol–water partition coefficient (Wildman–Crippen LogP) is 1.35. The molecule has 0 bridgehead atoms. The highest BCUT2D eigenvalue weighted by atomic mass is 16.2. The van der Waals surface area contributed by atoms with E-state index in [-0.39, 0.29) is 17.9 Å². The Balaban J connectivity index is 2.18. The van der Waals surface area contributed by atoms with Gasteiger partial charge in [-0.25, -0.2) is 4.79 Å². The molecule has 1 saturated heterocycles. The first-order chi connectivity index (χ1) is 9.04. The van der Waals surface area contributed by atoms with E-state index in [2.05, 4.69) is 5.32 Å². The van der Waals surface area contributed by atoms with E-state index in [1.54, 1.807) is 21.9 Å². The van der Waals surface area contributed by atoms with Gasteiger partial charge in [-0.05, 0) is 38.2 Å². The van der Waals surface area contributed by atoms with Crippen molar-refractivity contribution < 1.29 is 9.59 Å². The zero-order chi connectivity index (χ0) is 14.0. The van der Waals surface area contributed by atoms with Crippen LogP contribution in [-0.4, -0.2) is 49.9 Å². The number of nitrogens with zero attached hydrogens (tertiary/aromatic N) is 2. The summed E-state index contributed by atoms with van der Waals surface area (Å²) < 4.78 is 0. The average Bonchev–Trinajstić information content (AvgIpc) is 2.68. The molecule has 0 aromatic heterocycles. The van der Waals surface area contributed by atoms with Crippen LogP contribution in [0.1, 0.15) is 17.3 Å². The van der Waals surface area contributed by atoms with Crippen LogP contribution >= 0.6 is 0 Å². The Labute approximate surface area is 113 Å². The number of anilines is 1. The predicted molar refractivity (Wildman–Crippen MR) is 74.7 cm³/mol. The summed E-state index contributed by atoms with van der Waals surface area (Å²) in [5.74, 6) is 0.0319. The molecule has 0 spiro atoms. The molecule has 1 aromatic rings. The van der Waals surface area contributed by atoms with E-state index >= 15 is 0 Å². The Morgan fingerprint density at radius 2 is 2.00 bits per heavy atom. The fourth-order valence-corrected chi connectivity index (χ4v) is 2.29. The van der Waals surface area contributed by atoms with Crippen LogP contribution in [0.5, 0.6) is 0 Å². The van der Waals surface area contributed by atoms with Crippen LogP contribution in [0.15, 0.2) is 24.3 Å². The van der Waals surface area contributed by atoms with E-state index in [4.69, 9.17) is 0 Å². The number of benzene rings is 1. The Morgan fingerprint density at radius 3 is 2.53 bits per heavy atom. The Morgan fingerprint density at radius 1 is 1.37 bits per heavy atom. The fraction of sp³-hybridized carbons (Fsp3) is 0.429. The van der Waals surface area contributed by atoms with E-state index in [0.29, 0.717) is 12.1 Å². The summed E-state index contributed by atoms with van der Waals surface area (Å²) in [4.78, 5) is 26.9. The number of hydrogen-bond acceptors (Lipinski definition) is 3. The molecule has 102 valence electrons. The Bertz CT molecular complexity index is 484. The van der Waals surface area contributed by atoms with E-state index in [1.807, 2.05) is 26.2 Å². The first-order valence-electron chi connectivity index (χ1n) is 6.34. The van der Waals surface area contributed by atoms with Crippen LogP contribution in [0.2, 0.25) is 0 Å². The van der Waals surface area contributed by atoms with E-state index in [1.165, 1.54) is 6.92 Å². The lowest BCUT2D eigenvalue weighted by Gasteiger charge is -2.16. The smallest absolute Gasteiger partial charge is 0.321 e. The summed E-state index contributed by atoms with van der Waals surface area (Å²) in [6, 6.07) is 7.34. The lowest BCUT2D eigenvalue weighted by atomic mass is 10.1. The second kappa shape index (κ2) is 5.40. The van der Waals surface area contributed by atoms with Crippen LogP contribution in [-0.2, 0) is 0 Å². The van der Waals surface area contributed by atoms with Crippen LogP contribution in [0.25, 0.3) is 0 Å². The molecule has 1 aromatic carbocycles. The fourth-order valence-electron chi connectivity index (χ4n) is 2.29. The van der Waals surface area contributed by atoms with Gasteiger partial charge in [0.1, 0.15) is 0 Å². The van der Waals surface area contributed by atoms with E-state index in [9.17, 15) is 9.59 Å². The summed E-state index contributed by atoms with van der Waals surface area (Å²) in [6.45, 7) is 2.96. The van der Waals surface area contributed by atoms with Crippen LogP contribution in [0, 0.1) is 0 Å². The molecule has 19 heavy (non-hydrogen) atoms. The molecule has 1 unspecified atom stereocenters. The van der Waals surface area contributed by atoms with Gasteiger partial charge in [-0.1, -0.05) is 0 Å². The molecule has 1 atom stereocenters. The van der Waals surface area contributed by atoms with Gasteiger partial charge < -0.3 is 10.2 Å². The Kier molecular flexibility index (Phi) is 3.85. The largest absolute Gasteiger partial charge is 0.324 e. The minimum atomic E-state index is -0.00387. The summed E-state index contributed by atoms with van der Waals surface area (Å²) in [6.07, 6.45) is 0. The number of hydrogen-bond donors (Lipinski definition) is 1. The number of nitrogens with one attached hydrogen (secondary N) is 1. The monoisotopic (exact) mass is 261 g/mol. The third-order valence-corrected chi connectivity index (χ3v) is 3.50. The van der Waals surface area contributed by atoms with Gasteiger partial charge >= 0.3 is 6.03 Å². The maximum Gasteiger partial charge on any atom is 0.324 e. The van der Waals surface area contributed by atoms with Crippen LogP contribution in [0.3, 0.4) is 0 Å². The van der Waals surface area contributed by atoms with Gasteiger partial charge in [0.2, 0.25) is 0 Å². The minimum absolute atomic E-state index is 0.00387. The van der Waals surface area contributed by atoms with Crippen molar-refractivity contribution >= 4 is 17.5 Å². The van der Waals surface area contributed by atoms with Crippen molar-refractivity contribution in [2.24, 2.45) is 0 Å². The number of carbonyl (C=O) groups is 2. The van der Waals surface area contributed by atoms with E-state index in [0.717, 1.165) is 12.2 Å². The quantitative estimate of drug-likeness (QED) is 0.832. The molecule has 1 N–H and O–H groups in total. The zero-order valence-corrected chi connectivity index (χ0v) is 11.5. The van der Waals surface area contributed by atoms with Crippen molar-refractivity contribution in [1.82, 2.24) is 10.2 Å². The van der Waals surface area contributed by atoms with E-state index < -0.39 is 0 Å². The summed E-state index contributed by atoms with van der Waals surface area (Å²) in [5, 5.41) is 3.09. The third-order valence-electron chi connectivity index (χ3n) is 3.50. The van der Waals surface area contributed by atoms with Crippen molar-refractivity contribution in [2.75, 3.05) is 32.1 Å². The Hall–Kier alpha value is -1.88. The lowest BCUT2D eigenvalue weighted by molar-refractivity contribution is 0.101. The van der Waals surface area contributed by atoms with Crippen molar-refractivity contribution in [1.29, 1.82) is 0 Å². The summed E-state index contributed by atoms with van der Waals surface area (Å²) in [7, 11) is 3.69. The van der Waals surface area contributed by atoms with Gasteiger partial charge in [0.05, 0.1) is 6.04 Å². The normalized spacial score (nSPS) is 19.1. The topological polar surface area (TPSA) is 52.7 Å². The third kappa shape index (κ3) is 2.61. The number of carbonyl (C=O) groups excluding carboxylic acids is 2. The molecular formula is C14H19N3O2. The van der Waals surface area contributed by atoms with Gasteiger partial charge in [-0.2, -0.15) is 0 Å². The van der Waals surface area contributed by atoms with Gasteiger partial charge in [0.25, 0.3) is 0 Å². The molecule has 2 rings (SSSR count). The number of amides is 2. The highest BCUT2D eigenvalue weighted by molar-refractivity contribution is 5.97. The van der Waals surface area contributed by atoms with Crippen molar-refractivity contribution in [3.63, 3.8) is 0 Å². The minimum Gasteiger partial charge on any atom is -0.321 e. The number of likely N-dealkylation sites (N-methyl/N-ethyl adjacent to an activating group) is 2. The number of Topliss-reactive ketones (excluding diaryl/α,β-unsaturated/α-hetero) is 1. The SMILES string of the molecule is CNCC1CN(c2ccc(C(C)=O)cc2)C(=O)N1C. The first-order valence-corrected chi connectivity index (χ1v) is 6.34. The summed E-state index contributed by atoms with van der Waals surface area (Å²) in [5.41, 5.74) is 1.50. The maximum atomic E-state index is 12.2. The van der Waals surface area contributed by atoms with Gasteiger partial charge in [-0.3, -0.25) is 9.69 Å². The average molecular weight is 261 g/mol. The first kappa shape index (κ1) is 13.5. The van der Waals surface area contributed by atoms with Crippen LogP contribution < -0.4 is 10.2 Å². The molecule has 0 aliphatic carbocycles. The molecular weight excluding hydrogens is 242 g/mol. The zero-order valence-electron chi connectivity index (χ0n) is 11.5. The maximum absolute atomic E-state index is 12.2. The standard InChI is InChI=1S/C14H19N3O2/c1-10(18)11-4-6-12(7-5-11)17-9-13(8-15-2)16(3)14(17)19/h4-7,13,15H,8-9H2,1-3H3. The lowest BCUT2D eigenvalue weighted by Crippen LogP contribution is -2.37. The van der Waals surface area contributed by atoms with Gasteiger partial charge in [-0.15, -0.1) is 0 Å². The second-order valence-corrected chi connectivity index (χ2v) is 4.82. The number of urea groups is 1. The van der Waals surface area contributed by atoms with Gasteiger partial charge in [0, 0.05) is 31.4 Å². The van der Waals surface area contributed by atoms with Crippen molar-refractivity contribution in [3.05, 3.63) is 29.8 Å². The molecule has 2 amide bonds. The van der Waals surface area contributed by atoms with Gasteiger partial charge in [0.15, 0.2) is 5.78 Å². The summed E-state index contributed by atoms with van der Waals surface area (Å²) >= 11 is 0. The highest BCUT2D eigenvalue weighted by Crippen LogP contribution is 2.23. The number of ketones is 1.